The molecule has 3 aromatic rings. The van der Waals surface area contributed by atoms with Crippen LogP contribution >= 0.6 is 0 Å². The zero-order valence-corrected chi connectivity index (χ0v) is 21.4. The van der Waals surface area contributed by atoms with E-state index >= 15 is 0 Å². The van der Waals surface area contributed by atoms with Crippen LogP contribution in [0.15, 0.2) is 66.7 Å². The van der Waals surface area contributed by atoms with Crippen LogP contribution in [0.4, 0.5) is 0 Å². The number of epoxide rings is 3. The topological polar surface area (TPSA) is 65.3 Å². The summed E-state index contributed by atoms with van der Waals surface area (Å²) in [6, 6.07) is 23.0. The minimum Gasteiger partial charge on any atom is -0.490 e. The smallest absolute Gasteiger partial charge is 0.127 e. The van der Waals surface area contributed by atoms with E-state index in [1.165, 1.54) is 0 Å². The average molecular weight is 503 g/mol. The molecule has 0 aromatic heterocycles. The largest absolute Gasteiger partial charge is 0.490 e. The molecule has 0 N–H and O–H groups in total. The van der Waals surface area contributed by atoms with Crippen LogP contribution < -0.4 is 14.2 Å². The van der Waals surface area contributed by atoms with E-state index in [9.17, 15) is 0 Å². The van der Waals surface area contributed by atoms with Crippen LogP contribution in [0.25, 0.3) is 0 Å². The Kier molecular flexibility index (Phi) is 7.05. The number of hydrogen-bond donors (Lipinski definition) is 0. The molecule has 0 aliphatic carbocycles. The van der Waals surface area contributed by atoms with Crippen molar-refractivity contribution in [3.05, 3.63) is 89.0 Å². The second-order valence-electron chi connectivity index (χ2n) is 10.1. The molecule has 194 valence electrons. The molecule has 0 spiro atoms. The minimum absolute atomic E-state index is 0.0668. The van der Waals surface area contributed by atoms with Gasteiger partial charge >= 0.3 is 0 Å². The zero-order valence-electron chi connectivity index (χ0n) is 21.4. The van der Waals surface area contributed by atoms with Gasteiger partial charge < -0.3 is 28.4 Å². The maximum atomic E-state index is 6.53. The summed E-state index contributed by atoms with van der Waals surface area (Å²) < 4.78 is 35.0. The highest BCUT2D eigenvalue weighted by molar-refractivity contribution is 5.54. The van der Waals surface area contributed by atoms with E-state index in [0.717, 1.165) is 59.3 Å². The predicted molar refractivity (Wildman–Crippen MR) is 140 cm³/mol. The summed E-state index contributed by atoms with van der Waals surface area (Å²) >= 11 is 0. The average Bonchev–Trinajstić information content (AvgIpc) is 3.77. The van der Waals surface area contributed by atoms with Crippen molar-refractivity contribution in [2.45, 2.75) is 44.0 Å². The van der Waals surface area contributed by atoms with Gasteiger partial charge in [-0.2, -0.15) is 0 Å². The van der Waals surface area contributed by atoms with Crippen LogP contribution in [-0.4, -0.2) is 58.0 Å². The van der Waals surface area contributed by atoms with E-state index in [4.69, 9.17) is 28.4 Å². The Bertz CT molecular complexity index is 1130. The molecule has 6 nitrogen and oxygen atoms in total. The van der Waals surface area contributed by atoms with Gasteiger partial charge in [-0.3, -0.25) is 0 Å². The van der Waals surface area contributed by atoms with Crippen LogP contribution in [0.5, 0.6) is 17.2 Å². The number of para-hydroxylation sites is 3. The first-order chi connectivity index (χ1) is 18.2. The zero-order chi connectivity index (χ0) is 25.2. The van der Waals surface area contributed by atoms with E-state index in [-0.39, 0.29) is 30.1 Å². The van der Waals surface area contributed by atoms with Gasteiger partial charge in [0.25, 0.3) is 0 Å². The second kappa shape index (κ2) is 10.7. The van der Waals surface area contributed by atoms with Gasteiger partial charge in [0.05, 0.1) is 19.8 Å². The van der Waals surface area contributed by atoms with Crippen LogP contribution in [0, 0.1) is 0 Å². The molecule has 0 radical (unpaired) electrons. The van der Waals surface area contributed by atoms with Crippen LogP contribution in [-0.2, 0) is 14.2 Å². The molecular weight excluding hydrogens is 468 g/mol. The fourth-order valence-corrected chi connectivity index (χ4v) is 4.73. The third-order valence-corrected chi connectivity index (χ3v) is 7.25. The lowest BCUT2D eigenvalue weighted by molar-refractivity contribution is 0.255. The summed E-state index contributed by atoms with van der Waals surface area (Å²) in [6.45, 7) is 8.42. The number of ether oxygens (including phenoxy) is 6. The van der Waals surface area contributed by atoms with Gasteiger partial charge in [0, 0.05) is 34.1 Å². The quantitative estimate of drug-likeness (QED) is 0.295. The van der Waals surface area contributed by atoms with Crippen molar-refractivity contribution in [1.82, 2.24) is 0 Å². The van der Waals surface area contributed by atoms with Gasteiger partial charge in [-0.05, 0) is 12.1 Å². The molecule has 3 saturated heterocycles. The monoisotopic (exact) mass is 502 g/mol. The molecule has 3 fully saturated rings. The highest BCUT2D eigenvalue weighted by Gasteiger charge is 2.29. The van der Waals surface area contributed by atoms with Crippen molar-refractivity contribution in [3.63, 3.8) is 0 Å². The summed E-state index contributed by atoms with van der Waals surface area (Å²) in [5, 5.41) is 0. The first kappa shape index (κ1) is 24.3. The molecule has 0 bridgehead atoms. The van der Waals surface area contributed by atoms with Gasteiger partial charge in [-0.1, -0.05) is 68.4 Å². The minimum atomic E-state index is 0.0668. The number of benzene rings is 3. The van der Waals surface area contributed by atoms with Gasteiger partial charge in [-0.15, -0.1) is 0 Å². The SMILES string of the molecule is CC(c1ccccc1OCC1CO1)c1cccc(C(C)c2ccccc2OCC2CO2)c1OCC1CO1. The summed E-state index contributed by atoms with van der Waals surface area (Å²) in [7, 11) is 0. The Morgan fingerprint density at radius 2 is 0.946 bits per heavy atom. The van der Waals surface area contributed by atoms with Crippen molar-refractivity contribution in [2.24, 2.45) is 0 Å². The van der Waals surface area contributed by atoms with E-state index in [2.05, 4.69) is 56.3 Å². The molecule has 37 heavy (non-hydrogen) atoms. The first-order valence-electron chi connectivity index (χ1n) is 13.2. The Balaban J connectivity index is 1.33. The van der Waals surface area contributed by atoms with E-state index in [1.807, 2.05) is 24.3 Å². The highest BCUT2D eigenvalue weighted by Crippen LogP contribution is 2.43. The predicted octanol–water partition coefficient (Wildman–Crippen LogP) is 5.32. The van der Waals surface area contributed by atoms with Crippen molar-refractivity contribution < 1.29 is 28.4 Å². The lowest BCUT2D eigenvalue weighted by atomic mass is 9.85. The van der Waals surface area contributed by atoms with Crippen LogP contribution in [0.1, 0.15) is 47.9 Å². The molecule has 3 aromatic carbocycles. The maximum absolute atomic E-state index is 6.53. The molecule has 3 heterocycles. The number of rotatable bonds is 13. The third kappa shape index (κ3) is 5.93. The van der Waals surface area contributed by atoms with Crippen molar-refractivity contribution in [1.29, 1.82) is 0 Å². The lowest BCUT2D eigenvalue weighted by Crippen LogP contribution is -2.13. The van der Waals surface area contributed by atoms with Crippen molar-refractivity contribution >= 4 is 0 Å². The fraction of sp³-hybridized carbons (Fsp3) is 0.419. The Labute approximate surface area is 218 Å². The van der Waals surface area contributed by atoms with Crippen molar-refractivity contribution in [3.8, 4) is 17.2 Å². The summed E-state index contributed by atoms with van der Waals surface area (Å²) in [5.74, 6) is 2.83. The number of hydrogen-bond acceptors (Lipinski definition) is 6. The lowest BCUT2D eigenvalue weighted by Gasteiger charge is -2.25. The van der Waals surface area contributed by atoms with Gasteiger partial charge in [0.1, 0.15) is 55.4 Å². The summed E-state index contributed by atoms with van der Waals surface area (Å²) in [5.41, 5.74) is 4.53. The third-order valence-electron chi connectivity index (χ3n) is 7.25. The molecule has 5 unspecified atom stereocenters. The molecule has 3 aliphatic heterocycles. The Morgan fingerprint density at radius 1 is 0.568 bits per heavy atom. The molecule has 6 heteroatoms. The Morgan fingerprint density at radius 3 is 1.38 bits per heavy atom. The molecule has 0 amide bonds. The second-order valence-corrected chi connectivity index (χ2v) is 10.1. The first-order valence-corrected chi connectivity index (χ1v) is 13.2. The molecule has 6 rings (SSSR count). The summed E-state index contributed by atoms with van der Waals surface area (Å²) in [6.07, 6.45) is 0.576. The Hall–Kier alpha value is -3.06. The summed E-state index contributed by atoms with van der Waals surface area (Å²) in [4.78, 5) is 0. The normalized spacial score (nSPS) is 23.1. The van der Waals surface area contributed by atoms with Gasteiger partial charge in [0.2, 0.25) is 0 Å². The van der Waals surface area contributed by atoms with Crippen LogP contribution in [0.2, 0.25) is 0 Å². The van der Waals surface area contributed by atoms with E-state index in [1.54, 1.807) is 0 Å². The molecule has 3 aliphatic rings. The molecular formula is C31H34O6. The van der Waals surface area contributed by atoms with Gasteiger partial charge in [-0.25, -0.2) is 0 Å². The maximum Gasteiger partial charge on any atom is 0.127 e. The highest BCUT2D eigenvalue weighted by atomic mass is 16.6. The van der Waals surface area contributed by atoms with Crippen molar-refractivity contribution in [2.75, 3.05) is 39.6 Å². The van der Waals surface area contributed by atoms with Gasteiger partial charge in [0.15, 0.2) is 0 Å². The van der Waals surface area contributed by atoms with E-state index in [0.29, 0.717) is 19.8 Å². The van der Waals surface area contributed by atoms with Crippen LogP contribution in [0.3, 0.4) is 0 Å². The fourth-order valence-electron chi connectivity index (χ4n) is 4.73. The molecule has 0 saturated carbocycles. The molecule has 5 atom stereocenters. The van der Waals surface area contributed by atoms with E-state index < -0.39 is 0 Å². The standard InChI is InChI=1S/C31H34O6/c1-20(25-8-3-5-12-29(25)35-17-22-14-32-22)27-10-7-11-28(31(27)37-19-24-16-34-24)21(2)26-9-4-6-13-30(26)36-18-23-15-33-23/h3-13,20-24H,14-19H2,1-2H3.